The summed E-state index contributed by atoms with van der Waals surface area (Å²) in [6.07, 6.45) is 0.674. The molecule has 8 nitrogen and oxygen atoms in total. The minimum atomic E-state index is -4.31. The van der Waals surface area contributed by atoms with Crippen molar-refractivity contribution in [2.45, 2.75) is 50.7 Å². The molecule has 0 saturated heterocycles. The molecular weight excluding hydrogens is 592 g/mol. The minimum absolute atomic E-state index is 0.0664. The number of anilines is 1. The Hall–Kier alpha value is -3.34. The van der Waals surface area contributed by atoms with Gasteiger partial charge >= 0.3 is 0 Å². The van der Waals surface area contributed by atoms with E-state index in [4.69, 9.17) is 27.9 Å². The molecule has 3 aromatic rings. The second-order valence-electron chi connectivity index (χ2n) is 9.41. The highest BCUT2D eigenvalue weighted by atomic mass is 35.5. The fourth-order valence-corrected chi connectivity index (χ4v) is 5.77. The fourth-order valence-electron chi connectivity index (χ4n) is 3.89. The van der Waals surface area contributed by atoms with Crippen molar-refractivity contribution in [2.75, 3.05) is 18.0 Å². The molecular formula is C29H32Cl2FN3O5S. The maximum atomic E-state index is 13.9. The Labute approximate surface area is 250 Å². The molecule has 12 heteroatoms. The van der Waals surface area contributed by atoms with E-state index in [0.29, 0.717) is 22.8 Å². The third kappa shape index (κ3) is 8.12. The van der Waals surface area contributed by atoms with E-state index in [1.54, 1.807) is 19.1 Å². The van der Waals surface area contributed by atoms with E-state index in [1.807, 2.05) is 13.8 Å². The lowest BCUT2D eigenvalue weighted by Crippen LogP contribution is -2.52. The van der Waals surface area contributed by atoms with Gasteiger partial charge in [0, 0.05) is 22.6 Å². The first-order valence-electron chi connectivity index (χ1n) is 12.8. The molecule has 0 aliphatic heterocycles. The number of nitrogens with zero attached hydrogens (tertiary/aromatic N) is 2. The molecule has 0 radical (unpaired) electrons. The maximum Gasteiger partial charge on any atom is 0.264 e. The standard InChI is InChI=1S/C29H32Cl2FN3O5S/c1-5-19(2)33-29(37)20(3)34(17-21-6-7-22(30)16-27(21)31)28(36)18-35(24-10-8-23(32)9-11-24)41(38,39)26-14-12-25(40-4)13-15-26/h6-16,19-20H,5,17-18H2,1-4H3,(H,33,37). The van der Waals surface area contributed by atoms with Crippen LogP contribution in [0.3, 0.4) is 0 Å². The number of rotatable bonds is 12. The number of methoxy groups -OCH3 is 1. The molecule has 0 spiro atoms. The molecule has 41 heavy (non-hydrogen) atoms. The van der Waals surface area contributed by atoms with Gasteiger partial charge in [0.15, 0.2) is 0 Å². The van der Waals surface area contributed by atoms with E-state index in [0.717, 1.165) is 16.4 Å². The number of amides is 2. The number of nitrogens with one attached hydrogen (secondary N) is 1. The van der Waals surface area contributed by atoms with Crippen molar-refractivity contribution in [2.24, 2.45) is 0 Å². The van der Waals surface area contributed by atoms with Crippen molar-refractivity contribution in [3.05, 3.63) is 88.2 Å². The lowest BCUT2D eigenvalue weighted by molar-refractivity contribution is -0.139. The van der Waals surface area contributed by atoms with E-state index < -0.39 is 40.2 Å². The van der Waals surface area contributed by atoms with E-state index in [-0.39, 0.29) is 28.2 Å². The first-order valence-corrected chi connectivity index (χ1v) is 15.0. The van der Waals surface area contributed by atoms with E-state index in [2.05, 4.69) is 5.32 Å². The van der Waals surface area contributed by atoms with Crippen LogP contribution in [0.2, 0.25) is 10.0 Å². The van der Waals surface area contributed by atoms with Gasteiger partial charge in [-0.2, -0.15) is 0 Å². The largest absolute Gasteiger partial charge is 0.497 e. The second-order valence-corrected chi connectivity index (χ2v) is 12.1. The smallest absolute Gasteiger partial charge is 0.264 e. The van der Waals surface area contributed by atoms with Crippen molar-refractivity contribution < 1.29 is 27.1 Å². The Bertz CT molecular complexity index is 1470. The van der Waals surface area contributed by atoms with Crippen LogP contribution in [-0.4, -0.2) is 50.9 Å². The lowest BCUT2D eigenvalue weighted by atomic mass is 10.1. The van der Waals surface area contributed by atoms with Gasteiger partial charge in [-0.1, -0.05) is 36.2 Å². The zero-order valence-corrected chi connectivity index (χ0v) is 25.4. The van der Waals surface area contributed by atoms with Gasteiger partial charge in [-0.3, -0.25) is 13.9 Å². The van der Waals surface area contributed by atoms with Gasteiger partial charge in [0.05, 0.1) is 17.7 Å². The van der Waals surface area contributed by atoms with Gasteiger partial charge in [-0.25, -0.2) is 12.8 Å². The monoisotopic (exact) mass is 623 g/mol. The van der Waals surface area contributed by atoms with E-state index in [9.17, 15) is 22.4 Å². The van der Waals surface area contributed by atoms with Gasteiger partial charge in [-0.05, 0) is 86.5 Å². The molecule has 3 aromatic carbocycles. The average molecular weight is 625 g/mol. The molecule has 0 fully saturated rings. The van der Waals surface area contributed by atoms with Crippen LogP contribution in [0.25, 0.3) is 0 Å². The van der Waals surface area contributed by atoms with E-state index in [1.165, 1.54) is 54.5 Å². The zero-order chi connectivity index (χ0) is 30.3. The van der Waals surface area contributed by atoms with Crippen molar-refractivity contribution >= 4 is 50.7 Å². The van der Waals surface area contributed by atoms with Crippen molar-refractivity contribution in [1.29, 1.82) is 0 Å². The van der Waals surface area contributed by atoms with Crippen LogP contribution in [0, 0.1) is 5.82 Å². The molecule has 2 amide bonds. The normalized spacial score (nSPS) is 12.8. The minimum Gasteiger partial charge on any atom is -0.497 e. The summed E-state index contributed by atoms with van der Waals surface area (Å²) in [6, 6.07) is 14.0. The number of benzene rings is 3. The second kappa shape index (κ2) is 14.0. The van der Waals surface area contributed by atoms with Gasteiger partial charge in [0.1, 0.15) is 24.2 Å². The summed E-state index contributed by atoms with van der Waals surface area (Å²) in [7, 11) is -2.86. The quantitative estimate of drug-likeness (QED) is 0.280. The van der Waals surface area contributed by atoms with Crippen LogP contribution >= 0.6 is 23.2 Å². The lowest BCUT2D eigenvalue weighted by Gasteiger charge is -2.32. The van der Waals surface area contributed by atoms with Crippen LogP contribution in [0.4, 0.5) is 10.1 Å². The Balaban J connectivity index is 2.04. The zero-order valence-electron chi connectivity index (χ0n) is 23.1. The number of sulfonamides is 1. The SMILES string of the molecule is CCC(C)NC(=O)C(C)N(Cc1ccc(Cl)cc1Cl)C(=O)CN(c1ccc(F)cc1)S(=O)(=O)c1ccc(OC)cc1. The summed E-state index contributed by atoms with van der Waals surface area (Å²) in [5, 5.41) is 3.54. The number of hydrogen-bond acceptors (Lipinski definition) is 5. The molecule has 0 bridgehead atoms. The molecule has 0 aromatic heterocycles. The third-order valence-corrected chi connectivity index (χ3v) is 8.94. The maximum absolute atomic E-state index is 13.9. The predicted molar refractivity (Wildman–Crippen MR) is 158 cm³/mol. The van der Waals surface area contributed by atoms with Gasteiger partial charge in [0.2, 0.25) is 11.8 Å². The Morgan fingerprint density at radius 2 is 1.63 bits per heavy atom. The summed E-state index contributed by atoms with van der Waals surface area (Å²) in [5.74, 6) is -1.22. The molecule has 0 aliphatic rings. The molecule has 0 heterocycles. The van der Waals surface area contributed by atoms with Crippen molar-refractivity contribution in [3.63, 3.8) is 0 Å². The highest BCUT2D eigenvalue weighted by molar-refractivity contribution is 7.92. The molecule has 220 valence electrons. The molecule has 2 atom stereocenters. The summed E-state index contributed by atoms with van der Waals surface area (Å²) in [4.78, 5) is 28.2. The average Bonchev–Trinajstić information content (AvgIpc) is 2.95. The predicted octanol–water partition coefficient (Wildman–Crippen LogP) is 5.67. The Morgan fingerprint density at radius 3 is 2.20 bits per heavy atom. The molecule has 3 rings (SSSR count). The first kappa shape index (κ1) is 32.2. The Kier molecular flexibility index (Phi) is 11.0. The molecule has 0 saturated carbocycles. The molecule has 0 aliphatic carbocycles. The van der Waals surface area contributed by atoms with Crippen molar-refractivity contribution in [3.8, 4) is 5.75 Å². The number of halogens is 3. The van der Waals surface area contributed by atoms with Crippen LogP contribution in [-0.2, 0) is 26.2 Å². The summed E-state index contributed by atoms with van der Waals surface area (Å²) < 4.78 is 47.4. The molecule has 2 unspecified atom stereocenters. The number of carbonyl (C=O) groups excluding carboxylic acids is 2. The van der Waals surface area contributed by atoms with E-state index >= 15 is 0 Å². The van der Waals surface area contributed by atoms with Crippen LogP contribution in [0.5, 0.6) is 5.75 Å². The highest BCUT2D eigenvalue weighted by Crippen LogP contribution is 2.27. The summed E-state index contributed by atoms with van der Waals surface area (Å²) in [5.41, 5.74) is 0.579. The van der Waals surface area contributed by atoms with Gasteiger partial charge < -0.3 is 15.0 Å². The number of hydrogen-bond donors (Lipinski definition) is 1. The number of ether oxygens (including phenoxy) is 1. The Morgan fingerprint density at radius 1 is 1.00 bits per heavy atom. The van der Waals surface area contributed by atoms with Crippen LogP contribution in [0.15, 0.2) is 71.6 Å². The van der Waals surface area contributed by atoms with Gasteiger partial charge in [0.25, 0.3) is 10.0 Å². The first-order chi connectivity index (χ1) is 19.4. The van der Waals surface area contributed by atoms with Crippen LogP contribution in [0.1, 0.15) is 32.8 Å². The molecule has 1 N–H and O–H groups in total. The summed E-state index contributed by atoms with van der Waals surface area (Å²) in [6.45, 7) is 4.54. The highest BCUT2D eigenvalue weighted by Gasteiger charge is 2.33. The fraction of sp³-hybridized carbons (Fsp3) is 0.310. The summed E-state index contributed by atoms with van der Waals surface area (Å²) >= 11 is 12.4. The van der Waals surface area contributed by atoms with Crippen LogP contribution < -0.4 is 14.4 Å². The van der Waals surface area contributed by atoms with Crippen molar-refractivity contribution in [1.82, 2.24) is 10.2 Å². The topological polar surface area (TPSA) is 96.0 Å². The number of carbonyl (C=O) groups is 2. The van der Waals surface area contributed by atoms with Gasteiger partial charge in [-0.15, -0.1) is 0 Å². The third-order valence-electron chi connectivity index (χ3n) is 6.57.